The number of thiazole rings is 1. The summed E-state index contributed by atoms with van der Waals surface area (Å²) in [4.78, 5) is 21.6. The number of nitrogens with zero attached hydrogens (tertiary/aromatic N) is 2. The van der Waals surface area contributed by atoms with E-state index in [4.69, 9.17) is 9.72 Å². The Morgan fingerprint density at radius 2 is 2.00 bits per heavy atom. The molecule has 1 aliphatic heterocycles. The Morgan fingerprint density at radius 3 is 2.71 bits per heavy atom. The Bertz CT molecular complexity index is 1040. The number of rotatable bonds is 6. The van der Waals surface area contributed by atoms with E-state index in [0.717, 1.165) is 23.7 Å². The molecule has 8 heteroatoms. The maximum atomic E-state index is 13.4. The van der Waals surface area contributed by atoms with Gasteiger partial charge in [-0.05, 0) is 36.2 Å². The van der Waals surface area contributed by atoms with Gasteiger partial charge in [0.1, 0.15) is 0 Å². The summed E-state index contributed by atoms with van der Waals surface area (Å²) < 4.78 is 5.45. The zero-order chi connectivity index (χ0) is 24.6. The number of benzene rings is 1. The van der Waals surface area contributed by atoms with Gasteiger partial charge in [-0.2, -0.15) is 0 Å². The zero-order valence-corrected chi connectivity index (χ0v) is 21.5. The summed E-state index contributed by atoms with van der Waals surface area (Å²) in [7, 11) is 0. The van der Waals surface area contributed by atoms with Crippen LogP contribution in [0.15, 0.2) is 30.3 Å². The predicted molar refractivity (Wildman–Crippen MR) is 136 cm³/mol. The summed E-state index contributed by atoms with van der Waals surface area (Å²) >= 11 is 1.66. The number of hydrogen-bond donors (Lipinski definition) is 3. The molecule has 35 heavy (non-hydrogen) atoms. The quantitative estimate of drug-likeness (QED) is 0.564. The molecule has 5 atom stereocenters. The van der Waals surface area contributed by atoms with Crippen LogP contribution in [0.5, 0.6) is 0 Å². The number of ether oxygens (including phenoxy) is 1. The second-order valence-electron chi connectivity index (χ2n) is 10.9. The van der Waals surface area contributed by atoms with Gasteiger partial charge in [0.2, 0.25) is 5.91 Å². The molecule has 7 nitrogen and oxygen atoms in total. The van der Waals surface area contributed by atoms with Crippen molar-refractivity contribution in [3.05, 3.63) is 46.5 Å². The van der Waals surface area contributed by atoms with Gasteiger partial charge in [0.05, 0.1) is 31.6 Å². The monoisotopic (exact) mass is 499 g/mol. The van der Waals surface area contributed by atoms with Crippen molar-refractivity contribution in [3.63, 3.8) is 0 Å². The largest absolute Gasteiger partial charge is 0.396 e. The third kappa shape index (κ3) is 4.50. The summed E-state index contributed by atoms with van der Waals surface area (Å²) in [5, 5.41) is 25.7. The first-order valence-corrected chi connectivity index (χ1v) is 13.6. The van der Waals surface area contributed by atoms with E-state index >= 15 is 0 Å². The molecule has 2 aromatic rings. The molecule has 190 valence electrons. The van der Waals surface area contributed by atoms with Crippen LogP contribution >= 0.6 is 11.3 Å². The number of aliphatic hydroxyl groups excluding tert-OH is 2. The highest BCUT2D eigenvalue weighted by Gasteiger charge is 2.59. The number of nitrogens with one attached hydrogen (secondary N) is 1. The van der Waals surface area contributed by atoms with Gasteiger partial charge in [0.25, 0.3) is 0 Å². The van der Waals surface area contributed by atoms with Crippen molar-refractivity contribution in [2.75, 3.05) is 38.2 Å². The first kappa shape index (κ1) is 24.7. The Hall–Kier alpha value is -2.00. The van der Waals surface area contributed by atoms with Crippen molar-refractivity contribution in [1.82, 2.24) is 9.88 Å². The van der Waals surface area contributed by atoms with Crippen LogP contribution in [-0.4, -0.2) is 65.0 Å². The molecule has 3 aliphatic rings. The molecule has 0 bridgehead atoms. The fourth-order valence-electron chi connectivity index (χ4n) is 6.61. The van der Waals surface area contributed by atoms with E-state index in [9.17, 15) is 15.0 Å². The highest BCUT2D eigenvalue weighted by Crippen LogP contribution is 2.62. The number of morpholine rings is 1. The Labute approximate surface area is 211 Å². The lowest BCUT2D eigenvalue weighted by Crippen LogP contribution is -2.58. The van der Waals surface area contributed by atoms with Crippen molar-refractivity contribution in [2.24, 2.45) is 16.7 Å². The van der Waals surface area contributed by atoms with E-state index in [1.807, 2.05) is 30.0 Å². The van der Waals surface area contributed by atoms with Crippen molar-refractivity contribution >= 4 is 22.4 Å². The minimum atomic E-state index is -0.605. The Balaban J connectivity index is 1.47. The molecule has 1 saturated heterocycles. The minimum absolute atomic E-state index is 0.0477. The average Bonchev–Trinajstić information content (AvgIpc) is 3.30. The SMILES string of the molecule is C[C@]1(CO)[C@H]2Cc3sc(NCc4ccccc4)nc3[C@@H](CC(=O)N3CCOCC3)[C@]2(C)CC[C@H]1O. The highest BCUT2D eigenvalue weighted by atomic mass is 32.1. The lowest BCUT2D eigenvalue weighted by molar-refractivity contribution is -0.149. The van der Waals surface area contributed by atoms with Crippen LogP contribution in [0.2, 0.25) is 0 Å². The summed E-state index contributed by atoms with van der Waals surface area (Å²) in [5.74, 6) is 0.171. The lowest BCUT2D eigenvalue weighted by Gasteiger charge is -2.58. The lowest BCUT2D eigenvalue weighted by atomic mass is 9.47. The first-order chi connectivity index (χ1) is 16.8. The van der Waals surface area contributed by atoms with Gasteiger partial charge in [-0.3, -0.25) is 4.79 Å². The van der Waals surface area contributed by atoms with Crippen molar-refractivity contribution < 1.29 is 19.7 Å². The van der Waals surface area contributed by atoms with Gasteiger partial charge >= 0.3 is 0 Å². The Kier molecular flexibility index (Phi) is 6.92. The predicted octanol–water partition coefficient (Wildman–Crippen LogP) is 3.42. The van der Waals surface area contributed by atoms with Crippen molar-refractivity contribution in [1.29, 1.82) is 0 Å². The molecule has 0 unspecified atom stereocenters. The number of hydrogen-bond acceptors (Lipinski definition) is 7. The van der Waals surface area contributed by atoms with Crippen LogP contribution in [0, 0.1) is 16.7 Å². The first-order valence-electron chi connectivity index (χ1n) is 12.8. The smallest absolute Gasteiger partial charge is 0.223 e. The molecule has 3 N–H and O–H groups in total. The molecule has 1 amide bonds. The van der Waals surface area contributed by atoms with E-state index in [-0.39, 0.29) is 29.8 Å². The van der Waals surface area contributed by atoms with Crippen LogP contribution in [0.1, 0.15) is 55.2 Å². The van der Waals surface area contributed by atoms with Crippen molar-refractivity contribution in [3.8, 4) is 0 Å². The standard InChI is InChI=1S/C27H37N3O4S/c1-26-9-8-22(32)27(2,17-31)21(26)15-20-24(19(26)14-23(33)30-10-12-34-13-11-30)29-25(35-20)28-16-18-6-4-3-5-7-18/h3-7,19,21-22,31-32H,8-17H2,1-2H3,(H,28,29)/t19-,21+,22-,26+,27+/m1/s1. The molecule has 0 radical (unpaired) electrons. The van der Waals surface area contributed by atoms with Gasteiger partial charge in [0.15, 0.2) is 5.13 Å². The van der Waals surface area contributed by atoms with Crippen molar-refractivity contribution in [2.45, 2.75) is 58.1 Å². The van der Waals surface area contributed by atoms with E-state index in [1.165, 1.54) is 10.4 Å². The normalized spacial score (nSPS) is 32.6. The van der Waals surface area contributed by atoms with Gasteiger partial charge in [-0.15, -0.1) is 11.3 Å². The summed E-state index contributed by atoms with van der Waals surface area (Å²) in [6.07, 6.45) is 2.07. The second-order valence-corrected chi connectivity index (χ2v) is 12.0. The number of aliphatic hydroxyl groups is 2. The van der Waals surface area contributed by atoms with Crippen LogP contribution in [0.3, 0.4) is 0 Å². The molecular weight excluding hydrogens is 462 g/mol. The molecule has 1 saturated carbocycles. The molecule has 1 aromatic carbocycles. The third-order valence-corrected chi connectivity index (χ3v) is 9.97. The molecule has 2 heterocycles. The maximum absolute atomic E-state index is 13.4. The number of carbonyl (C=O) groups is 1. The minimum Gasteiger partial charge on any atom is -0.396 e. The number of fused-ring (bicyclic) bond motifs is 2. The average molecular weight is 500 g/mol. The second kappa shape index (κ2) is 9.81. The zero-order valence-electron chi connectivity index (χ0n) is 20.7. The summed E-state index contributed by atoms with van der Waals surface area (Å²) in [6.45, 7) is 7.33. The third-order valence-electron chi connectivity index (χ3n) is 8.92. The van der Waals surface area contributed by atoms with Gasteiger partial charge < -0.3 is 25.2 Å². The van der Waals surface area contributed by atoms with E-state index < -0.39 is 11.5 Å². The summed E-state index contributed by atoms with van der Waals surface area (Å²) in [6, 6.07) is 10.3. The maximum Gasteiger partial charge on any atom is 0.223 e. The van der Waals surface area contributed by atoms with Crippen LogP contribution < -0.4 is 5.32 Å². The Morgan fingerprint density at radius 1 is 1.26 bits per heavy atom. The fraction of sp³-hybridized carbons (Fsp3) is 0.630. The number of aromatic nitrogens is 1. The van der Waals surface area contributed by atoms with E-state index in [0.29, 0.717) is 45.7 Å². The molecule has 2 aliphatic carbocycles. The van der Waals surface area contributed by atoms with E-state index in [1.54, 1.807) is 11.3 Å². The number of carbonyl (C=O) groups excluding carboxylic acids is 1. The fourth-order valence-corrected chi connectivity index (χ4v) is 7.68. The molecule has 1 aromatic heterocycles. The van der Waals surface area contributed by atoms with Crippen LogP contribution in [0.25, 0.3) is 0 Å². The molecule has 2 fully saturated rings. The molecule has 5 rings (SSSR count). The van der Waals surface area contributed by atoms with Crippen LogP contribution in [0.4, 0.5) is 5.13 Å². The van der Waals surface area contributed by atoms with Gasteiger partial charge in [-0.1, -0.05) is 44.2 Å². The molecule has 0 spiro atoms. The van der Waals surface area contributed by atoms with Gasteiger partial charge in [-0.25, -0.2) is 4.98 Å². The number of anilines is 1. The van der Waals surface area contributed by atoms with Crippen LogP contribution in [-0.2, 0) is 22.5 Å². The topological polar surface area (TPSA) is 94.9 Å². The van der Waals surface area contributed by atoms with Gasteiger partial charge in [0, 0.05) is 42.3 Å². The molecular formula is C27H37N3O4S. The highest BCUT2D eigenvalue weighted by molar-refractivity contribution is 7.15. The van der Waals surface area contributed by atoms with E-state index in [2.05, 4.69) is 24.4 Å². The number of amides is 1. The summed E-state index contributed by atoms with van der Waals surface area (Å²) in [5.41, 5.74) is 1.39.